The van der Waals surface area contributed by atoms with Crippen LogP contribution in [0.4, 0.5) is 5.88 Å². The molecule has 2 aromatic rings. The Morgan fingerprint density at radius 1 is 1.30 bits per heavy atom. The quantitative estimate of drug-likeness (QED) is 0.438. The molecule has 2 rings (SSSR count). The van der Waals surface area contributed by atoms with E-state index in [-0.39, 0.29) is 28.7 Å². The number of phenols is 2. The minimum atomic E-state index is -0.666. The predicted molar refractivity (Wildman–Crippen MR) is 80.1 cm³/mol. The molecule has 9 nitrogen and oxygen atoms in total. The Hall–Kier alpha value is -3.62. The Balaban J connectivity index is 1.92. The predicted octanol–water partition coefficient (Wildman–Crippen LogP) is 2.03. The van der Waals surface area contributed by atoms with Crippen LogP contribution in [0.5, 0.6) is 11.5 Å². The summed E-state index contributed by atoms with van der Waals surface area (Å²) < 4.78 is 4.88. The van der Waals surface area contributed by atoms with Crippen molar-refractivity contribution in [3.8, 4) is 11.5 Å². The lowest BCUT2D eigenvalue weighted by Gasteiger charge is -2.02. The van der Waals surface area contributed by atoms with Gasteiger partial charge in [-0.2, -0.15) is 5.10 Å². The SMILES string of the molecule is O=C(NN=CC=Cc1ccc([N+](=O)[O-])o1)c1ccc(O)cc1O. The average Bonchev–Trinajstić information content (AvgIpc) is 2.95. The molecule has 0 saturated carbocycles. The van der Waals surface area contributed by atoms with Crippen molar-refractivity contribution in [2.45, 2.75) is 0 Å². The zero-order chi connectivity index (χ0) is 16.8. The lowest BCUT2D eigenvalue weighted by atomic mass is 10.2. The number of amides is 1. The van der Waals surface area contributed by atoms with Gasteiger partial charge >= 0.3 is 5.88 Å². The van der Waals surface area contributed by atoms with Gasteiger partial charge in [0.15, 0.2) is 0 Å². The summed E-state index contributed by atoms with van der Waals surface area (Å²) in [5.41, 5.74) is 2.12. The fraction of sp³-hybridized carbons (Fsp3) is 0. The minimum absolute atomic E-state index is 0.0504. The van der Waals surface area contributed by atoms with Crippen LogP contribution in [0.2, 0.25) is 0 Å². The molecule has 0 bridgehead atoms. The number of benzene rings is 1. The van der Waals surface area contributed by atoms with Crippen molar-refractivity contribution < 1.29 is 24.3 Å². The van der Waals surface area contributed by atoms with Crippen molar-refractivity contribution in [1.82, 2.24) is 5.43 Å². The van der Waals surface area contributed by atoms with Crippen LogP contribution in [-0.2, 0) is 0 Å². The van der Waals surface area contributed by atoms with Gasteiger partial charge in [-0.3, -0.25) is 14.9 Å². The van der Waals surface area contributed by atoms with E-state index in [0.29, 0.717) is 0 Å². The highest BCUT2D eigenvalue weighted by Crippen LogP contribution is 2.22. The number of hydrazone groups is 1. The summed E-state index contributed by atoms with van der Waals surface area (Å²) >= 11 is 0. The summed E-state index contributed by atoms with van der Waals surface area (Å²) in [5.74, 6) is -1.33. The van der Waals surface area contributed by atoms with Gasteiger partial charge < -0.3 is 14.6 Å². The van der Waals surface area contributed by atoms with E-state index >= 15 is 0 Å². The van der Waals surface area contributed by atoms with E-state index in [0.717, 1.165) is 6.07 Å². The van der Waals surface area contributed by atoms with Crippen LogP contribution in [0.1, 0.15) is 16.1 Å². The number of carbonyl (C=O) groups is 1. The summed E-state index contributed by atoms with van der Waals surface area (Å²) in [7, 11) is 0. The second-order valence-corrected chi connectivity index (χ2v) is 4.21. The molecular formula is C14H11N3O6. The van der Waals surface area contributed by atoms with Gasteiger partial charge in [-0.05, 0) is 30.4 Å². The smallest absolute Gasteiger partial charge is 0.433 e. The van der Waals surface area contributed by atoms with Gasteiger partial charge in [-0.1, -0.05) is 0 Å². The number of nitro groups is 1. The van der Waals surface area contributed by atoms with Gasteiger partial charge in [0, 0.05) is 12.3 Å². The van der Waals surface area contributed by atoms with Crippen LogP contribution in [0.15, 0.2) is 45.9 Å². The van der Waals surface area contributed by atoms with Gasteiger partial charge in [0.1, 0.15) is 22.2 Å². The second kappa shape index (κ2) is 6.89. The first-order chi connectivity index (χ1) is 11.0. The molecule has 0 fully saturated rings. The first-order valence-electron chi connectivity index (χ1n) is 6.23. The van der Waals surface area contributed by atoms with Crippen LogP contribution in [-0.4, -0.2) is 27.3 Å². The van der Waals surface area contributed by atoms with Gasteiger partial charge in [-0.15, -0.1) is 0 Å². The van der Waals surface area contributed by atoms with Crippen molar-refractivity contribution in [2.75, 3.05) is 0 Å². The van der Waals surface area contributed by atoms with E-state index in [4.69, 9.17) is 9.52 Å². The fourth-order valence-electron chi connectivity index (χ4n) is 1.58. The second-order valence-electron chi connectivity index (χ2n) is 4.21. The number of nitrogens with zero attached hydrogens (tertiary/aromatic N) is 2. The number of carbonyl (C=O) groups excluding carboxylic acids is 1. The van der Waals surface area contributed by atoms with E-state index < -0.39 is 10.8 Å². The van der Waals surface area contributed by atoms with E-state index in [1.807, 2.05) is 0 Å². The molecule has 1 aromatic carbocycles. The average molecular weight is 317 g/mol. The van der Waals surface area contributed by atoms with Gasteiger partial charge in [0.25, 0.3) is 5.91 Å². The summed E-state index contributed by atoms with van der Waals surface area (Å²) in [6.07, 6.45) is 4.05. The summed E-state index contributed by atoms with van der Waals surface area (Å²) in [5, 5.41) is 32.7. The Labute approximate surface area is 129 Å². The third kappa shape index (κ3) is 4.17. The largest absolute Gasteiger partial charge is 0.508 e. The van der Waals surface area contributed by atoms with Gasteiger partial charge in [-0.25, -0.2) is 5.43 Å². The Morgan fingerprint density at radius 3 is 2.74 bits per heavy atom. The normalized spacial score (nSPS) is 11.1. The topological polar surface area (TPSA) is 138 Å². The molecule has 0 saturated heterocycles. The summed E-state index contributed by atoms with van der Waals surface area (Å²) in [4.78, 5) is 21.5. The molecule has 3 N–H and O–H groups in total. The van der Waals surface area contributed by atoms with Crippen molar-refractivity contribution in [3.63, 3.8) is 0 Å². The molecule has 9 heteroatoms. The highest BCUT2D eigenvalue weighted by Gasteiger charge is 2.11. The van der Waals surface area contributed by atoms with Crippen molar-refractivity contribution >= 4 is 24.1 Å². The Morgan fingerprint density at radius 2 is 2.09 bits per heavy atom. The maximum atomic E-state index is 11.7. The fourth-order valence-corrected chi connectivity index (χ4v) is 1.58. The molecule has 0 unspecified atom stereocenters. The molecule has 0 aliphatic carbocycles. The maximum Gasteiger partial charge on any atom is 0.433 e. The third-order valence-corrected chi connectivity index (χ3v) is 2.61. The number of nitrogens with one attached hydrogen (secondary N) is 1. The first-order valence-corrected chi connectivity index (χ1v) is 6.23. The number of hydrogen-bond acceptors (Lipinski definition) is 7. The standard InChI is InChI=1S/C14H11N3O6/c18-9-3-5-11(12(19)8-9)14(20)16-15-7-1-2-10-4-6-13(23-10)17(21)22/h1-8,18-19H,(H,16,20). The molecule has 0 atom stereocenters. The molecule has 23 heavy (non-hydrogen) atoms. The lowest BCUT2D eigenvalue weighted by molar-refractivity contribution is -0.402. The monoisotopic (exact) mass is 317 g/mol. The molecule has 0 aliphatic rings. The van der Waals surface area contributed by atoms with Crippen LogP contribution in [0.3, 0.4) is 0 Å². The highest BCUT2D eigenvalue weighted by molar-refractivity contribution is 5.97. The number of phenolic OH excluding ortho intramolecular Hbond substituents is 2. The number of hydrogen-bond donors (Lipinski definition) is 3. The molecule has 118 valence electrons. The minimum Gasteiger partial charge on any atom is -0.508 e. The molecule has 0 aliphatic heterocycles. The van der Waals surface area contributed by atoms with Crippen LogP contribution in [0.25, 0.3) is 6.08 Å². The van der Waals surface area contributed by atoms with Crippen molar-refractivity contribution in [3.05, 3.63) is 57.8 Å². The summed E-state index contributed by atoms with van der Waals surface area (Å²) in [6, 6.07) is 6.15. The summed E-state index contributed by atoms with van der Waals surface area (Å²) in [6.45, 7) is 0. The van der Waals surface area contributed by atoms with E-state index in [1.165, 1.54) is 42.6 Å². The molecule has 0 radical (unpaired) electrons. The zero-order valence-corrected chi connectivity index (χ0v) is 11.5. The van der Waals surface area contributed by atoms with Crippen LogP contribution < -0.4 is 5.43 Å². The van der Waals surface area contributed by atoms with Crippen LogP contribution in [0, 0.1) is 10.1 Å². The van der Waals surface area contributed by atoms with E-state index in [2.05, 4.69) is 10.5 Å². The van der Waals surface area contributed by atoms with Gasteiger partial charge in [0.05, 0.1) is 11.6 Å². The van der Waals surface area contributed by atoms with E-state index in [9.17, 15) is 20.0 Å². The highest BCUT2D eigenvalue weighted by atomic mass is 16.6. The number of allylic oxidation sites excluding steroid dienone is 1. The molecular weight excluding hydrogens is 306 g/mol. The maximum absolute atomic E-state index is 11.7. The third-order valence-electron chi connectivity index (χ3n) is 2.61. The number of furan rings is 1. The van der Waals surface area contributed by atoms with Crippen molar-refractivity contribution in [1.29, 1.82) is 0 Å². The van der Waals surface area contributed by atoms with Crippen LogP contribution >= 0.6 is 0 Å². The molecule has 0 spiro atoms. The lowest BCUT2D eigenvalue weighted by Crippen LogP contribution is -2.17. The Bertz CT molecular complexity index is 794. The Kier molecular flexibility index (Phi) is 4.72. The molecule has 1 amide bonds. The number of aromatic hydroxyl groups is 2. The first kappa shape index (κ1) is 15.8. The molecule has 1 heterocycles. The van der Waals surface area contributed by atoms with Crippen molar-refractivity contribution in [2.24, 2.45) is 5.10 Å². The molecule has 1 aromatic heterocycles. The van der Waals surface area contributed by atoms with Gasteiger partial charge in [0.2, 0.25) is 0 Å². The number of rotatable bonds is 5. The van der Waals surface area contributed by atoms with E-state index in [1.54, 1.807) is 0 Å². The zero-order valence-electron chi connectivity index (χ0n) is 11.5.